The fourth-order valence-electron chi connectivity index (χ4n) is 2.26. The fraction of sp³-hybridized carbons (Fsp3) is 0. The quantitative estimate of drug-likeness (QED) is 0.381. The summed E-state index contributed by atoms with van der Waals surface area (Å²) in [6.07, 6.45) is 0. The molecule has 0 aromatic heterocycles. The molecule has 1 amide bonds. The van der Waals surface area contributed by atoms with Gasteiger partial charge in [-0.1, -0.05) is 6.07 Å². The van der Waals surface area contributed by atoms with Gasteiger partial charge in [-0.15, -0.1) is 0 Å². The Kier molecular flexibility index (Phi) is 4.85. The van der Waals surface area contributed by atoms with E-state index in [4.69, 9.17) is 16.2 Å². The molecule has 0 heterocycles. The molecule has 0 fully saturated rings. The fourth-order valence-corrected chi connectivity index (χ4v) is 2.26. The molecular formula is C20H17N3O3. The molecular weight excluding hydrogens is 330 g/mol. The zero-order chi connectivity index (χ0) is 18.5. The first kappa shape index (κ1) is 17.0. The average molecular weight is 347 g/mol. The normalized spacial score (nSPS) is 10.2. The maximum atomic E-state index is 12.4. The van der Waals surface area contributed by atoms with Gasteiger partial charge in [-0.3, -0.25) is 4.79 Å². The molecule has 6 heteroatoms. The SMILES string of the molecule is Nc1ccc(NC(=O)c2cccc(C(=O)Oc3ccc(N)cc3)c2)cc1. The number of hydrogen-bond acceptors (Lipinski definition) is 5. The lowest BCUT2D eigenvalue weighted by atomic mass is 10.1. The Hall–Kier alpha value is -3.80. The molecule has 26 heavy (non-hydrogen) atoms. The van der Waals surface area contributed by atoms with E-state index in [-0.39, 0.29) is 11.5 Å². The van der Waals surface area contributed by atoms with Crippen molar-refractivity contribution in [2.45, 2.75) is 0 Å². The average Bonchev–Trinajstić information content (AvgIpc) is 2.65. The Morgan fingerprint density at radius 1 is 0.769 bits per heavy atom. The van der Waals surface area contributed by atoms with Crippen molar-refractivity contribution in [2.75, 3.05) is 16.8 Å². The largest absolute Gasteiger partial charge is 0.423 e. The number of carbonyl (C=O) groups excluding carboxylic acids is 2. The summed E-state index contributed by atoms with van der Waals surface area (Å²) in [4.78, 5) is 24.6. The molecule has 0 bridgehead atoms. The van der Waals surface area contributed by atoms with Crippen LogP contribution in [0.15, 0.2) is 72.8 Å². The van der Waals surface area contributed by atoms with Gasteiger partial charge < -0.3 is 21.5 Å². The summed E-state index contributed by atoms with van der Waals surface area (Å²) >= 11 is 0. The van der Waals surface area contributed by atoms with Gasteiger partial charge in [0.25, 0.3) is 5.91 Å². The first-order valence-corrected chi connectivity index (χ1v) is 7.86. The van der Waals surface area contributed by atoms with E-state index in [1.54, 1.807) is 66.7 Å². The number of hydrogen-bond donors (Lipinski definition) is 3. The predicted octanol–water partition coefficient (Wildman–Crippen LogP) is 3.32. The number of carbonyl (C=O) groups is 2. The summed E-state index contributed by atoms with van der Waals surface area (Å²) in [5.74, 6) is -0.519. The molecule has 0 unspecified atom stereocenters. The minimum Gasteiger partial charge on any atom is -0.423 e. The van der Waals surface area contributed by atoms with Gasteiger partial charge in [0, 0.05) is 22.6 Å². The molecule has 0 radical (unpaired) electrons. The minimum atomic E-state index is -0.558. The van der Waals surface area contributed by atoms with Crippen molar-refractivity contribution < 1.29 is 14.3 Å². The van der Waals surface area contributed by atoms with Crippen molar-refractivity contribution in [1.29, 1.82) is 0 Å². The monoisotopic (exact) mass is 347 g/mol. The van der Waals surface area contributed by atoms with E-state index >= 15 is 0 Å². The van der Waals surface area contributed by atoms with Gasteiger partial charge >= 0.3 is 5.97 Å². The van der Waals surface area contributed by atoms with Crippen molar-refractivity contribution in [3.05, 3.63) is 83.9 Å². The Bertz CT molecular complexity index is 861. The molecule has 0 spiro atoms. The summed E-state index contributed by atoms with van der Waals surface area (Å²) < 4.78 is 5.28. The molecule has 0 atom stereocenters. The lowest BCUT2D eigenvalue weighted by Gasteiger charge is -2.08. The molecule has 0 saturated heterocycles. The molecule has 0 saturated carbocycles. The highest BCUT2D eigenvalue weighted by atomic mass is 16.5. The summed E-state index contributed by atoms with van der Waals surface area (Å²) in [6, 6.07) is 19.6. The first-order chi connectivity index (χ1) is 12.5. The van der Waals surface area contributed by atoms with Crippen LogP contribution in [0.3, 0.4) is 0 Å². The van der Waals surface area contributed by atoms with Crippen LogP contribution in [0.5, 0.6) is 5.75 Å². The molecule has 130 valence electrons. The van der Waals surface area contributed by atoms with Gasteiger partial charge in [-0.25, -0.2) is 4.79 Å². The molecule has 0 aliphatic rings. The van der Waals surface area contributed by atoms with Crippen LogP contribution in [0, 0.1) is 0 Å². The third-order valence-corrected chi connectivity index (χ3v) is 3.62. The number of esters is 1. The van der Waals surface area contributed by atoms with Crippen LogP contribution in [0.2, 0.25) is 0 Å². The van der Waals surface area contributed by atoms with Crippen LogP contribution >= 0.6 is 0 Å². The molecule has 0 aliphatic heterocycles. The van der Waals surface area contributed by atoms with Crippen molar-refractivity contribution in [2.24, 2.45) is 0 Å². The predicted molar refractivity (Wildman–Crippen MR) is 101 cm³/mol. The number of nitrogens with one attached hydrogen (secondary N) is 1. The van der Waals surface area contributed by atoms with E-state index in [1.165, 1.54) is 6.07 Å². The second kappa shape index (κ2) is 7.40. The highest BCUT2D eigenvalue weighted by molar-refractivity contribution is 6.05. The molecule has 5 N–H and O–H groups in total. The summed E-state index contributed by atoms with van der Waals surface area (Å²) in [6.45, 7) is 0. The lowest BCUT2D eigenvalue weighted by Crippen LogP contribution is -2.14. The second-order valence-corrected chi connectivity index (χ2v) is 5.62. The number of rotatable bonds is 4. The number of nitrogen functional groups attached to an aromatic ring is 2. The minimum absolute atomic E-state index is 0.270. The molecule has 3 aromatic rings. The van der Waals surface area contributed by atoms with Crippen LogP contribution < -0.4 is 21.5 Å². The van der Waals surface area contributed by atoms with E-state index in [0.29, 0.717) is 28.4 Å². The van der Waals surface area contributed by atoms with E-state index in [0.717, 1.165) is 0 Å². The van der Waals surface area contributed by atoms with E-state index in [9.17, 15) is 9.59 Å². The summed E-state index contributed by atoms with van der Waals surface area (Å²) in [5, 5.41) is 2.75. The van der Waals surface area contributed by atoms with Gasteiger partial charge in [0.15, 0.2) is 0 Å². The number of nitrogens with two attached hydrogens (primary N) is 2. The van der Waals surface area contributed by atoms with Crippen LogP contribution in [-0.4, -0.2) is 11.9 Å². The number of benzene rings is 3. The van der Waals surface area contributed by atoms with Gasteiger partial charge in [0.1, 0.15) is 5.75 Å². The first-order valence-electron chi connectivity index (χ1n) is 7.86. The Balaban J connectivity index is 1.72. The Morgan fingerprint density at radius 2 is 1.35 bits per heavy atom. The van der Waals surface area contributed by atoms with Gasteiger partial charge in [0.05, 0.1) is 5.56 Å². The molecule has 3 rings (SSSR count). The third kappa shape index (κ3) is 4.18. The molecule has 6 nitrogen and oxygen atoms in total. The highest BCUT2D eigenvalue weighted by Gasteiger charge is 2.12. The van der Waals surface area contributed by atoms with E-state index < -0.39 is 5.97 Å². The van der Waals surface area contributed by atoms with Crippen molar-refractivity contribution in [3.8, 4) is 5.75 Å². The summed E-state index contributed by atoms with van der Waals surface area (Å²) in [7, 11) is 0. The van der Waals surface area contributed by atoms with Gasteiger partial charge in [-0.05, 0) is 66.7 Å². The van der Waals surface area contributed by atoms with Gasteiger partial charge in [0.2, 0.25) is 0 Å². The third-order valence-electron chi connectivity index (χ3n) is 3.62. The van der Waals surface area contributed by atoms with Crippen molar-refractivity contribution in [1.82, 2.24) is 0 Å². The van der Waals surface area contributed by atoms with Crippen LogP contribution in [0.4, 0.5) is 17.1 Å². The van der Waals surface area contributed by atoms with Crippen LogP contribution in [0.1, 0.15) is 20.7 Å². The lowest BCUT2D eigenvalue weighted by molar-refractivity contribution is 0.0735. The maximum absolute atomic E-state index is 12.4. The van der Waals surface area contributed by atoms with E-state index in [1.807, 2.05) is 0 Å². The van der Waals surface area contributed by atoms with E-state index in [2.05, 4.69) is 5.32 Å². The van der Waals surface area contributed by atoms with Crippen LogP contribution in [-0.2, 0) is 0 Å². The number of anilines is 3. The van der Waals surface area contributed by atoms with Crippen LogP contribution in [0.25, 0.3) is 0 Å². The smallest absolute Gasteiger partial charge is 0.343 e. The highest BCUT2D eigenvalue weighted by Crippen LogP contribution is 2.17. The van der Waals surface area contributed by atoms with Crippen molar-refractivity contribution >= 4 is 28.9 Å². The zero-order valence-corrected chi connectivity index (χ0v) is 13.8. The standard InChI is InChI=1S/C20H17N3O3/c21-15-4-8-17(9-5-15)23-19(24)13-2-1-3-14(12-13)20(25)26-18-10-6-16(22)7-11-18/h1-12H,21-22H2,(H,23,24). The maximum Gasteiger partial charge on any atom is 0.343 e. The van der Waals surface area contributed by atoms with Gasteiger partial charge in [-0.2, -0.15) is 0 Å². The zero-order valence-electron chi connectivity index (χ0n) is 13.8. The van der Waals surface area contributed by atoms with Crippen molar-refractivity contribution in [3.63, 3.8) is 0 Å². The topological polar surface area (TPSA) is 107 Å². The Labute approximate surface area is 150 Å². The summed E-state index contributed by atoms with van der Waals surface area (Å²) in [5.41, 5.74) is 13.6. The molecule has 0 aliphatic carbocycles. The second-order valence-electron chi connectivity index (χ2n) is 5.62. The number of ether oxygens (including phenoxy) is 1. The number of amides is 1. The Morgan fingerprint density at radius 3 is 2.00 bits per heavy atom. The molecule has 3 aromatic carbocycles.